The molecule has 110 valence electrons. The third-order valence-corrected chi connectivity index (χ3v) is 5.08. The minimum Gasteiger partial charge on any atom is -0.363 e. The molecule has 0 aliphatic heterocycles. The van der Waals surface area contributed by atoms with E-state index in [9.17, 15) is 8.42 Å². The second-order valence-electron chi connectivity index (χ2n) is 5.06. The summed E-state index contributed by atoms with van der Waals surface area (Å²) < 4.78 is 26.3. The van der Waals surface area contributed by atoms with Gasteiger partial charge in [0.25, 0.3) is 0 Å². The minimum absolute atomic E-state index is 0.108. The summed E-state index contributed by atoms with van der Waals surface area (Å²) in [5.74, 6) is 2.41. The Bertz CT molecular complexity index is 582. The van der Waals surface area contributed by atoms with E-state index in [0.717, 1.165) is 12.1 Å². The average Bonchev–Trinajstić information content (AvgIpc) is 3.12. The predicted octanol–water partition coefficient (Wildman–Crippen LogP) is 1.30. The van der Waals surface area contributed by atoms with Crippen molar-refractivity contribution >= 4 is 10.0 Å². The molecule has 0 unspecified atom stereocenters. The van der Waals surface area contributed by atoms with Gasteiger partial charge in [-0.05, 0) is 25.3 Å². The van der Waals surface area contributed by atoms with Crippen LogP contribution in [0.3, 0.4) is 0 Å². The molecule has 1 fully saturated rings. The lowest BCUT2D eigenvalue weighted by Crippen LogP contribution is -2.32. The number of nitrogens with zero attached hydrogens (tertiary/aromatic N) is 1. The van der Waals surface area contributed by atoms with E-state index in [0.29, 0.717) is 19.1 Å². The smallest absolute Gasteiger partial charge is 0.245 e. The van der Waals surface area contributed by atoms with Gasteiger partial charge in [-0.2, -0.15) is 4.31 Å². The van der Waals surface area contributed by atoms with Crippen LogP contribution >= 0.6 is 0 Å². The monoisotopic (exact) mass is 295 g/mol. The van der Waals surface area contributed by atoms with Crippen molar-refractivity contribution < 1.29 is 8.42 Å². The van der Waals surface area contributed by atoms with Crippen LogP contribution in [0, 0.1) is 12.3 Å². The molecule has 20 heavy (non-hydrogen) atoms. The first-order chi connectivity index (χ1) is 9.57. The first kappa shape index (κ1) is 15.1. The number of hydrogen-bond donors (Lipinski definition) is 2. The summed E-state index contributed by atoms with van der Waals surface area (Å²) >= 11 is 0. The molecular weight excluding hydrogens is 274 g/mol. The van der Waals surface area contributed by atoms with Crippen LogP contribution in [0.15, 0.2) is 17.2 Å². The van der Waals surface area contributed by atoms with Crippen LogP contribution in [0.4, 0.5) is 0 Å². The highest BCUT2D eigenvalue weighted by Crippen LogP contribution is 2.20. The van der Waals surface area contributed by atoms with Crippen molar-refractivity contribution in [3.8, 4) is 12.3 Å². The highest BCUT2D eigenvalue weighted by Gasteiger charge is 2.25. The van der Waals surface area contributed by atoms with Gasteiger partial charge in [0.1, 0.15) is 0 Å². The first-order valence-electron chi connectivity index (χ1n) is 6.92. The first-order valence-corrected chi connectivity index (χ1v) is 8.36. The van der Waals surface area contributed by atoms with Crippen molar-refractivity contribution in [2.24, 2.45) is 0 Å². The molecule has 0 radical (unpaired) electrons. The molecule has 1 aliphatic rings. The summed E-state index contributed by atoms with van der Waals surface area (Å²) in [7, 11) is -3.50. The van der Waals surface area contributed by atoms with Gasteiger partial charge in [-0.25, -0.2) is 8.42 Å². The van der Waals surface area contributed by atoms with Crippen molar-refractivity contribution in [3.63, 3.8) is 0 Å². The number of aromatic nitrogens is 1. The van der Waals surface area contributed by atoms with E-state index in [-0.39, 0.29) is 11.4 Å². The summed E-state index contributed by atoms with van der Waals surface area (Å²) in [4.78, 5) is 3.30. The Morgan fingerprint density at radius 2 is 2.30 bits per heavy atom. The van der Waals surface area contributed by atoms with Crippen molar-refractivity contribution in [2.75, 3.05) is 13.1 Å². The maximum Gasteiger partial charge on any atom is 0.245 e. The van der Waals surface area contributed by atoms with Crippen LogP contribution in [-0.4, -0.2) is 36.8 Å². The van der Waals surface area contributed by atoms with E-state index in [1.54, 1.807) is 12.3 Å². The largest absolute Gasteiger partial charge is 0.363 e. The zero-order chi connectivity index (χ0) is 14.6. The van der Waals surface area contributed by atoms with Gasteiger partial charge < -0.3 is 10.3 Å². The van der Waals surface area contributed by atoms with Gasteiger partial charge in [0.05, 0.1) is 11.4 Å². The number of nitrogens with one attached hydrogen (secondary N) is 2. The fourth-order valence-corrected chi connectivity index (χ4v) is 3.46. The maximum atomic E-state index is 12.5. The van der Waals surface area contributed by atoms with E-state index in [1.165, 1.54) is 17.1 Å². The molecule has 0 saturated heterocycles. The Morgan fingerprint density at radius 1 is 1.55 bits per heavy atom. The van der Waals surface area contributed by atoms with E-state index in [2.05, 4.69) is 16.2 Å². The van der Waals surface area contributed by atoms with Crippen LogP contribution in [0.5, 0.6) is 0 Å². The van der Waals surface area contributed by atoms with Gasteiger partial charge in [0.15, 0.2) is 0 Å². The lowest BCUT2D eigenvalue weighted by molar-refractivity contribution is 0.446. The highest BCUT2D eigenvalue weighted by molar-refractivity contribution is 7.89. The third kappa shape index (κ3) is 3.63. The average molecular weight is 295 g/mol. The predicted molar refractivity (Wildman–Crippen MR) is 78.5 cm³/mol. The second-order valence-corrected chi connectivity index (χ2v) is 7.00. The van der Waals surface area contributed by atoms with Crippen LogP contribution < -0.4 is 5.32 Å². The number of hydrogen-bond acceptors (Lipinski definition) is 3. The third-order valence-electron chi connectivity index (χ3n) is 3.25. The SMILES string of the molecule is C#CCN(CCC)S(=O)(=O)c1c[nH]c(CNC2CC2)c1. The lowest BCUT2D eigenvalue weighted by atomic mass is 10.4. The highest BCUT2D eigenvalue weighted by atomic mass is 32.2. The number of H-pyrrole nitrogens is 1. The Morgan fingerprint density at radius 3 is 2.90 bits per heavy atom. The molecule has 2 rings (SSSR count). The quantitative estimate of drug-likeness (QED) is 0.711. The van der Waals surface area contributed by atoms with Gasteiger partial charge in [-0.15, -0.1) is 6.42 Å². The Hall–Kier alpha value is -1.29. The number of aromatic amines is 1. The second kappa shape index (κ2) is 6.44. The van der Waals surface area contributed by atoms with E-state index < -0.39 is 10.0 Å². The number of sulfonamides is 1. The molecule has 1 aromatic rings. The van der Waals surface area contributed by atoms with Crippen molar-refractivity contribution in [2.45, 2.75) is 43.7 Å². The van der Waals surface area contributed by atoms with Crippen molar-refractivity contribution in [1.82, 2.24) is 14.6 Å². The Kier molecular flexibility index (Phi) is 4.86. The van der Waals surface area contributed by atoms with Crippen LogP contribution in [0.25, 0.3) is 0 Å². The van der Waals surface area contributed by atoms with E-state index in [1.807, 2.05) is 6.92 Å². The molecule has 1 aromatic heterocycles. The Balaban J connectivity index is 2.08. The summed E-state index contributed by atoms with van der Waals surface area (Å²) in [5, 5.41) is 3.35. The van der Waals surface area contributed by atoms with Crippen LogP contribution in [0.1, 0.15) is 31.9 Å². The van der Waals surface area contributed by atoms with Gasteiger partial charge in [0, 0.05) is 31.0 Å². The summed E-state index contributed by atoms with van der Waals surface area (Å²) in [6.07, 6.45) is 9.94. The molecule has 0 spiro atoms. The Labute approximate surface area is 120 Å². The summed E-state index contributed by atoms with van der Waals surface area (Å²) in [6.45, 7) is 3.15. The number of terminal acetylenes is 1. The topological polar surface area (TPSA) is 65.2 Å². The molecule has 0 amide bonds. The maximum absolute atomic E-state index is 12.5. The van der Waals surface area contributed by atoms with E-state index in [4.69, 9.17) is 6.42 Å². The molecule has 0 atom stereocenters. The molecular formula is C14H21N3O2S. The van der Waals surface area contributed by atoms with Gasteiger partial charge in [-0.3, -0.25) is 0 Å². The molecule has 0 bridgehead atoms. The number of rotatable bonds is 8. The lowest BCUT2D eigenvalue weighted by Gasteiger charge is -2.17. The molecule has 1 heterocycles. The molecule has 2 N–H and O–H groups in total. The zero-order valence-corrected chi connectivity index (χ0v) is 12.5. The standard InChI is InChI=1S/C14H21N3O2S/c1-3-7-17(8-4-2)20(18,19)14-9-13(16-11-14)10-15-12-5-6-12/h1,9,11-12,15-16H,4-8,10H2,2H3. The van der Waals surface area contributed by atoms with Crippen molar-refractivity contribution in [3.05, 3.63) is 18.0 Å². The fourth-order valence-electron chi connectivity index (χ4n) is 2.00. The normalized spacial score (nSPS) is 15.4. The van der Waals surface area contributed by atoms with Gasteiger partial charge in [-0.1, -0.05) is 12.8 Å². The van der Waals surface area contributed by atoms with E-state index >= 15 is 0 Å². The van der Waals surface area contributed by atoms with Crippen LogP contribution in [-0.2, 0) is 16.6 Å². The molecule has 5 nitrogen and oxygen atoms in total. The van der Waals surface area contributed by atoms with Crippen LogP contribution in [0.2, 0.25) is 0 Å². The zero-order valence-electron chi connectivity index (χ0n) is 11.7. The van der Waals surface area contributed by atoms with Gasteiger partial charge >= 0.3 is 0 Å². The van der Waals surface area contributed by atoms with Gasteiger partial charge in [0.2, 0.25) is 10.0 Å². The molecule has 0 aromatic carbocycles. The molecule has 6 heteroatoms. The minimum atomic E-state index is -3.50. The fraction of sp³-hybridized carbons (Fsp3) is 0.571. The molecule has 1 aliphatic carbocycles. The summed E-state index contributed by atoms with van der Waals surface area (Å²) in [6, 6.07) is 2.28. The van der Waals surface area contributed by atoms with Crippen molar-refractivity contribution in [1.29, 1.82) is 0 Å². The summed E-state index contributed by atoms with van der Waals surface area (Å²) in [5.41, 5.74) is 0.882. The molecule has 1 saturated carbocycles.